The molecule has 0 amide bonds. The van der Waals surface area contributed by atoms with Crippen molar-refractivity contribution < 1.29 is 4.39 Å². The van der Waals surface area contributed by atoms with Gasteiger partial charge in [-0.15, -0.1) is 11.8 Å². The Hall–Kier alpha value is -1.39. The molecule has 0 bridgehead atoms. The highest BCUT2D eigenvalue weighted by Crippen LogP contribution is 2.25. The maximum atomic E-state index is 13.1. The SMILES string of the molecule is CCNC(C)c1cccc(SCc2cncc(F)c2)c1. The lowest BCUT2D eigenvalue weighted by molar-refractivity contribution is 0.597. The summed E-state index contributed by atoms with van der Waals surface area (Å²) in [6.07, 6.45) is 2.94. The fourth-order valence-electron chi connectivity index (χ4n) is 2.00. The third kappa shape index (κ3) is 4.32. The number of halogens is 1. The quantitative estimate of drug-likeness (QED) is 0.808. The molecule has 4 heteroatoms. The van der Waals surface area contributed by atoms with Crippen LogP contribution in [-0.2, 0) is 5.75 Å². The summed E-state index contributed by atoms with van der Waals surface area (Å²) in [5.74, 6) is 0.446. The third-order valence-electron chi connectivity index (χ3n) is 3.04. The first-order valence-corrected chi connectivity index (χ1v) is 7.73. The van der Waals surface area contributed by atoms with Gasteiger partial charge < -0.3 is 5.32 Å². The minimum Gasteiger partial charge on any atom is -0.310 e. The molecule has 1 N–H and O–H groups in total. The van der Waals surface area contributed by atoms with Crippen molar-refractivity contribution >= 4 is 11.8 Å². The molecule has 1 heterocycles. The van der Waals surface area contributed by atoms with Gasteiger partial charge in [-0.05, 0) is 42.8 Å². The smallest absolute Gasteiger partial charge is 0.141 e. The Bertz CT molecular complexity index is 560. The van der Waals surface area contributed by atoms with E-state index in [9.17, 15) is 4.39 Å². The Morgan fingerprint density at radius 2 is 2.15 bits per heavy atom. The Balaban J connectivity index is 2.01. The summed E-state index contributed by atoms with van der Waals surface area (Å²) in [5, 5.41) is 3.40. The van der Waals surface area contributed by atoms with Gasteiger partial charge in [-0.3, -0.25) is 4.98 Å². The molecule has 20 heavy (non-hydrogen) atoms. The highest BCUT2D eigenvalue weighted by molar-refractivity contribution is 7.98. The van der Waals surface area contributed by atoms with Gasteiger partial charge in [0.05, 0.1) is 6.20 Å². The van der Waals surface area contributed by atoms with Crippen LogP contribution in [0.4, 0.5) is 4.39 Å². The van der Waals surface area contributed by atoms with E-state index >= 15 is 0 Å². The van der Waals surface area contributed by atoms with E-state index in [0.29, 0.717) is 6.04 Å². The molecule has 0 saturated heterocycles. The molecular formula is C16H19FN2S. The first kappa shape index (κ1) is 15.0. The van der Waals surface area contributed by atoms with Crippen LogP contribution in [0.5, 0.6) is 0 Å². The normalized spacial score (nSPS) is 12.3. The molecule has 1 unspecified atom stereocenters. The van der Waals surface area contributed by atoms with E-state index in [1.807, 2.05) is 0 Å². The topological polar surface area (TPSA) is 24.9 Å². The maximum Gasteiger partial charge on any atom is 0.141 e. The van der Waals surface area contributed by atoms with Crippen molar-refractivity contribution in [2.75, 3.05) is 6.54 Å². The van der Waals surface area contributed by atoms with Crippen LogP contribution in [0.15, 0.2) is 47.6 Å². The van der Waals surface area contributed by atoms with Crippen molar-refractivity contribution in [3.8, 4) is 0 Å². The molecule has 2 aromatic rings. The lowest BCUT2D eigenvalue weighted by Gasteiger charge is -2.13. The van der Waals surface area contributed by atoms with E-state index in [1.165, 1.54) is 22.7 Å². The minimum absolute atomic E-state index is 0.280. The Labute approximate surface area is 123 Å². The van der Waals surface area contributed by atoms with E-state index in [-0.39, 0.29) is 5.82 Å². The number of aromatic nitrogens is 1. The van der Waals surface area contributed by atoms with Crippen molar-refractivity contribution in [2.24, 2.45) is 0 Å². The van der Waals surface area contributed by atoms with Crippen LogP contribution in [-0.4, -0.2) is 11.5 Å². The molecule has 0 fully saturated rings. The van der Waals surface area contributed by atoms with Crippen molar-refractivity contribution in [3.63, 3.8) is 0 Å². The molecule has 2 rings (SSSR count). The molecule has 1 aromatic heterocycles. The van der Waals surface area contributed by atoms with Crippen LogP contribution in [0.1, 0.15) is 31.0 Å². The van der Waals surface area contributed by atoms with E-state index in [1.54, 1.807) is 18.0 Å². The van der Waals surface area contributed by atoms with Gasteiger partial charge in [0.2, 0.25) is 0 Å². The average Bonchev–Trinajstić information content (AvgIpc) is 2.46. The average molecular weight is 290 g/mol. The number of benzene rings is 1. The highest BCUT2D eigenvalue weighted by atomic mass is 32.2. The van der Waals surface area contributed by atoms with Crippen LogP contribution in [0.25, 0.3) is 0 Å². The monoisotopic (exact) mass is 290 g/mol. The second kappa shape index (κ2) is 7.41. The molecule has 0 saturated carbocycles. The summed E-state index contributed by atoms with van der Waals surface area (Å²) < 4.78 is 13.1. The van der Waals surface area contributed by atoms with E-state index in [4.69, 9.17) is 0 Å². The molecule has 1 atom stereocenters. The van der Waals surface area contributed by atoms with Crippen molar-refractivity contribution in [3.05, 3.63) is 59.7 Å². The molecule has 2 nitrogen and oxygen atoms in total. The summed E-state index contributed by atoms with van der Waals surface area (Å²) in [6.45, 7) is 5.21. The molecule has 0 aliphatic carbocycles. The van der Waals surface area contributed by atoms with Gasteiger partial charge >= 0.3 is 0 Å². The number of rotatable bonds is 6. The van der Waals surface area contributed by atoms with Crippen LogP contribution in [0.2, 0.25) is 0 Å². The Morgan fingerprint density at radius 1 is 1.30 bits per heavy atom. The van der Waals surface area contributed by atoms with Crippen LogP contribution >= 0.6 is 11.8 Å². The van der Waals surface area contributed by atoms with Gasteiger partial charge in [0.25, 0.3) is 0 Å². The summed E-state index contributed by atoms with van der Waals surface area (Å²) in [6, 6.07) is 10.3. The van der Waals surface area contributed by atoms with Gasteiger partial charge in [-0.1, -0.05) is 19.1 Å². The van der Waals surface area contributed by atoms with Gasteiger partial charge in [-0.2, -0.15) is 0 Å². The van der Waals surface area contributed by atoms with Crippen LogP contribution in [0.3, 0.4) is 0 Å². The second-order valence-electron chi connectivity index (χ2n) is 4.65. The first-order valence-electron chi connectivity index (χ1n) is 6.74. The fourth-order valence-corrected chi connectivity index (χ4v) is 2.88. The zero-order chi connectivity index (χ0) is 14.4. The Morgan fingerprint density at radius 3 is 2.90 bits per heavy atom. The summed E-state index contributed by atoms with van der Waals surface area (Å²) in [7, 11) is 0. The maximum absolute atomic E-state index is 13.1. The molecular weight excluding hydrogens is 271 g/mol. The minimum atomic E-state index is -0.280. The third-order valence-corrected chi connectivity index (χ3v) is 4.10. The number of thioether (sulfide) groups is 1. The summed E-state index contributed by atoms with van der Waals surface area (Å²) in [5.41, 5.74) is 2.18. The molecule has 1 aromatic carbocycles. The second-order valence-corrected chi connectivity index (χ2v) is 5.70. The van der Waals surface area contributed by atoms with Crippen molar-refractivity contribution in [2.45, 2.75) is 30.5 Å². The van der Waals surface area contributed by atoms with Crippen LogP contribution in [0, 0.1) is 5.82 Å². The summed E-state index contributed by atoms with van der Waals surface area (Å²) in [4.78, 5) is 5.06. The predicted molar refractivity (Wildman–Crippen MR) is 82.3 cm³/mol. The lowest BCUT2D eigenvalue weighted by Crippen LogP contribution is -2.17. The van der Waals surface area contributed by atoms with E-state index in [2.05, 4.69) is 48.4 Å². The summed E-state index contributed by atoms with van der Waals surface area (Å²) >= 11 is 1.70. The molecule has 0 aliphatic heterocycles. The van der Waals surface area contributed by atoms with Gasteiger partial charge in [-0.25, -0.2) is 4.39 Å². The number of pyridine rings is 1. The lowest BCUT2D eigenvalue weighted by atomic mass is 10.1. The van der Waals surface area contributed by atoms with Gasteiger partial charge in [0, 0.05) is 22.9 Å². The zero-order valence-corrected chi connectivity index (χ0v) is 12.6. The molecule has 106 valence electrons. The molecule has 0 aliphatic rings. The largest absolute Gasteiger partial charge is 0.310 e. The standard InChI is InChI=1S/C16H19FN2S/c1-3-19-12(2)14-5-4-6-16(8-14)20-11-13-7-15(17)10-18-9-13/h4-10,12,19H,3,11H2,1-2H3. The van der Waals surface area contributed by atoms with Crippen molar-refractivity contribution in [1.29, 1.82) is 0 Å². The number of nitrogens with one attached hydrogen (secondary N) is 1. The van der Waals surface area contributed by atoms with E-state index in [0.717, 1.165) is 17.9 Å². The van der Waals surface area contributed by atoms with Crippen LogP contribution < -0.4 is 5.32 Å². The predicted octanol–water partition coefficient (Wildman–Crippen LogP) is 4.18. The van der Waals surface area contributed by atoms with Gasteiger partial charge in [0.1, 0.15) is 5.82 Å². The number of hydrogen-bond donors (Lipinski definition) is 1. The molecule has 0 spiro atoms. The number of hydrogen-bond acceptors (Lipinski definition) is 3. The molecule has 0 radical (unpaired) electrons. The Kier molecular flexibility index (Phi) is 5.56. The highest BCUT2D eigenvalue weighted by Gasteiger charge is 2.05. The van der Waals surface area contributed by atoms with Crippen molar-refractivity contribution in [1.82, 2.24) is 10.3 Å². The fraction of sp³-hybridized carbons (Fsp3) is 0.312. The van der Waals surface area contributed by atoms with Gasteiger partial charge in [0.15, 0.2) is 0 Å². The number of nitrogens with zero attached hydrogens (tertiary/aromatic N) is 1. The zero-order valence-electron chi connectivity index (χ0n) is 11.8. The van der Waals surface area contributed by atoms with E-state index < -0.39 is 0 Å². The first-order chi connectivity index (χ1) is 9.69.